The number of fused-ring (bicyclic) bond motifs is 1. The first-order chi connectivity index (χ1) is 24.5. The fourth-order valence-electron chi connectivity index (χ4n) is 2.47. The van der Waals surface area contributed by atoms with Crippen molar-refractivity contribution in [1.82, 2.24) is 9.97 Å². The van der Waals surface area contributed by atoms with Crippen LogP contribution < -0.4 is 0 Å². The van der Waals surface area contributed by atoms with E-state index in [1.807, 2.05) is 25.1 Å². The van der Waals surface area contributed by atoms with Crippen molar-refractivity contribution in [2.24, 2.45) is 0 Å². The van der Waals surface area contributed by atoms with Crippen molar-refractivity contribution < 1.29 is 114 Å². The molecule has 1 aromatic heterocycles. The molecule has 0 aliphatic rings. The van der Waals surface area contributed by atoms with Gasteiger partial charge in [-0.15, -0.1) is 0 Å². The van der Waals surface area contributed by atoms with Gasteiger partial charge in [0, 0.05) is 73.6 Å². The zero-order valence-corrected chi connectivity index (χ0v) is 34.6. The molecule has 1 heterocycles. The molecule has 0 spiro atoms. The number of carboxylic acid groups (broad SMARTS) is 6. The third kappa shape index (κ3) is 65.4. The summed E-state index contributed by atoms with van der Waals surface area (Å²) >= 11 is 0. The molecule has 0 atom stereocenters. The molecule has 0 saturated carbocycles. The maximum atomic E-state index is 10.3. The van der Waals surface area contributed by atoms with Gasteiger partial charge in [-0.1, -0.05) is 41.5 Å². The summed E-state index contributed by atoms with van der Waals surface area (Å²) in [6.45, 7) is 13.2. The van der Waals surface area contributed by atoms with Crippen molar-refractivity contribution in [2.45, 2.75) is 62.3 Å². The minimum Gasteiger partial charge on any atom is -0.542 e. The van der Waals surface area contributed by atoms with Crippen LogP contribution in [0.3, 0.4) is 0 Å². The summed E-state index contributed by atoms with van der Waals surface area (Å²) in [5.74, 6) is -5.46. The number of aromatic nitrogens is 2. The van der Waals surface area contributed by atoms with Crippen LogP contribution in [0.15, 0.2) is 79.1 Å². The second-order valence-corrected chi connectivity index (χ2v) is 9.38. The van der Waals surface area contributed by atoms with Crippen molar-refractivity contribution in [3.63, 3.8) is 0 Å². The third-order valence-electron chi connectivity index (χ3n) is 4.22. The maximum Gasteiger partial charge on any atom is 0.335 e. The second-order valence-electron chi connectivity index (χ2n) is 9.38. The van der Waals surface area contributed by atoms with Gasteiger partial charge >= 0.3 is 11.9 Å². The molecule has 0 saturated heterocycles. The van der Waals surface area contributed by atoms with Crippen LogP contribution >= 0.6 is 0 Å². The predicted octanol–water partition coefficient (Wildman–Crippen LogP) is 4.27. The Labute approximate surface area is 351 Å². The first-order valence-electron chi connectivity index (χ1n) is 14.7. The number of aromatic carboxylic acids is 2. The number of aliphatic carboxylic acids is 4. The molecule has 4 aromatic rings. The zero-order valence-electron chi connectivity index (χ0n) is 32.5. The van der Waals surface area contributed by atoms with E-state index >= 15 is 0 Å². The van der Waals surface area contributed by atoms with Gasteiger partial charge < -0.3 is 51.2 Å². The summed E-state index contributed by atoms with van der Waals surface area (Å²) in [5.41, 5.74) is 5.97. The van der Waals surface area contributed by atoms with Gasteiger partial charge in [0.05, 0.1) is 22.2 Å². The fraction of sp³-hybridized carbons (Fsp3) is 0.243. The standard InChI is InChI=1S/C9H8N2.C8H6O4.C8H10.4C2H4O2.2C2H3O.2Co.2H2O/c1-7-2-3-8-9(6-7)11-5-4-10-8;9-7(10)5-1-2-6(4-3-5)8(11)12;1-7-3-5-8(2)6-4-7;4*1-2(3)4;2*1-2-3;;;;/h2-6H,1H3;1-4H,(H,9,10)(H,11,12);3-6H,1-2H3;4*1H3,(H,3,4);2*1H3;;;2*1H2/q;;;;;;;2*-1;;;;. The van der Waals surface area contributed by atoms with Gasteiger partial charge in [-0.2, -0.15) is 13.8 Å². The van der Waals surface area contributed by atoms with Crippen molar-refractivity contribution in [2.75, 3.05) is 0 Å². The van der Waals surface area contributed by atoms with Gasteiger partial charge in [-0.3, -0.25) is 41.7 Å². The fourth-order valence-corrected chi connectivity index (χ4v) is 2.47. The predicted molar refractivity (Wildman–Crippen MR) is 204 cm³/mol. The maximum absolute atomic E-state index is 10.3. The summed E-state index contributed by atoms with van der Waals surface area (Å²) in [6, 6.07) is 19.6. The van der Waals surface area contributed by atoms with E-state index in [-0.39, 0.29) is 55.6 Å². The average Bonchev–Trinajstić information content (AvgIpc) is 3.03. The molecule has 20 heteroatoms. The van der Waals surface area contributed by atoms with Crippen LogP contribution in [0.1, 0.15) is 78.9 Å². The average molecular weight is 897 g/mol. The molecule has 10 N–H and O–H groups in total. The molecule has 2 radical (unpaired) electrons. The van der Waals surface area contributed by atoms with Crippen molar-refractivity contribution in [3.8, 4) is 0 Å². The second kappa shape index (κ2) is 48.1. The Kier molecular flexibility index (Phi) is 61.1. The van der Waals surface area contributed by atoms with Crippen molar-refractivity contribution >= 4 is 59.4 Å². The smallest absolute Gasteiger partial charge is 0.335 e. The monoisotopic (exact) mass is 896 g/mol. The third-order valence-corrected chi connectivity index (χ3v) is 4.22. The zero-order chi connectivity index (χ0) is 42.5. The van der Waals surface area contributed by atoms with Crippen LogP contribution in [0.5, 0.6) is 0 Å². The number of nitrogens with zero attached hydrogens (tertiary/aromatic N) is 2. The summed E-state index contributed by atoms with van der Waals surface area (Å²) < 4.78 is 0. The Hall–Kier alpha value is -5.91. The van der Waals surface area contributed by atoms with E-state index < -0.39 is 35.8 Å². The Bertz CT molecular complexity index is 1550. The van der Waals surface area contributed by atoms with Crippen LogP contribution in [-0.2, 0) is 62.3 Å². The van der Waals surface area contributed by atoms with Crippen molar-refractivity contribution in [3.05, 3.63) is 107 Å². The summed E-state index contributed by atoms with van der Waals surface area (Å²) in [6.07, 6.45) is 6.42. The van der Waals surface area contributed by atoms with Gasteiger partial charge in [0.2, 0.25) is 0 Å². The summed E-state index contributed by atoms with van der Waals surface area (Å²) in [7, 11) is 0. The first kappa shape index (κ1) is 72.4. The van der Waals surface area contributed by atoms with Gasteiger partial charge in [0.1, 0.15) is 0 Å². The Morgan fingerprint density at radius 1 is 0.456 bits per heavy atom. The minimum atomic E-state index is -1.06. The van der Waals surface area contributed by atoms with Gasteiger partial charge in [-0.05, 0) is 62.7 Å². The van der Waals surface area contributed by atoms with Crippen LogP contribution in [0.2, 0.25) is 0 Å². The Balaban J connectivity index is -0.0000000680. The molecule has 0 bridgehead atoms. The molecule has 4 rings (SSSR count). The van der Waals surface area contributed by atoms with E-state index in [1.165, 1.54) is 67.4 Å². The number of hydrogen-bond donors (Lipinski definition) is 6. The van der Waals surface area contributed by atoms with Gasteiger partial charge in [0.25, 0.3) is 23.9 Å². The largest absolute Gasteiger partial charge is 0.542 e. The number of rotatable bonds is 2. The molecule has 0 amide bonds. The number of carboxylic acids is 6. The number of benzene rings is 3. The van der Waals surface area contributed by atoms with Crippen LogP contribution in [-0.4, -0.2) is 99.9 Å². The Morgan fingerprint density at radius 2 is 0.667 bits per heavy atom. The normalized spacial score (nSPS) is 7.46. The molecule has 324 valence electrons. The minimum absolute atomic E-state index is 0. The van der Waals surface area contributed by atoms with E-state index in [2.05, 4.69) is 48.1 Å². The number of hydrogen-bond acceptors (Lipinski definition) is 10. The van der Waals surface area contributed by atoms with Crippen LogP contribution in [0.25, 0.3) is 11.0 Å². The molecule has 0 aliphatic carbocycles. The molecule has 3 aromatic carbocycles. The summed E-state index contributed by atoms with van der Waals surface area (Å²) in [4.78, 5) is 82.4. The molecule has 18 nitrogen and oxygen atoms in total. The van der Waals surface area contributed by atoms with E-state index in [4.69, 9.17) is 59.4 Å². The Morgan fingerprint density at radius 3 is 0.895 bits per heavy atom. The molecule has 0 fully saturated rings. The van der Waals surface area contributed by atoms with Gasteiger partial charge in [0.15, 0.2) is 0 Å². The van der Waals surface area contributed by atoms with Crippen molar-refractivity contribution in [1.29, 1.82) is 0 Å². The summed E-state index contributed by atoms with van der Waals surface area (Å²) in [5, 5.41) is 46.6. The number of aryl methyl sites for hydroxylation is 3. The molecule has 0 unspecified atom stereocenters. The molecule has 0 aliphatic heterocycles. The number of carbonyl (C=O) groups is 6. The molecular weight excluding hydrogens is 846 g/mol. The van der Waals surface area contributed by atoms with E-state index in [1.54, 1.807) is 12.4 Å². The molecular formula is C37H50Co2N2O16-2. The topological polar surface area (TPSA) is 347 Å². The van der Waals surface area contributed by atoms with Crippen LogP contribution in [0, 0.1) is 20.8 Å². The van der Waals surface area contributed by atoms with Crippen LogP contribution in [0.4, 0.5) is 0 Å². The van der Waals surface area contributed by atoms with E-state index in [0.29, 0.717) is 0 Å². The SMILES string of the molecule is CC(=O)O.CC(=O)O.CC(=O)O.CC(=O)O.C[C-]=O.C[C-]=O.Cc1ccc(C)cc1.Cc1ccc2nccnc2c1.O.O.O=C(O)c1ccc(C(=O)O)cc1.[Co].[Co]. The first-order valence-corrected chi connectivity index (χ1v) is 14.7. The van der Waals surface area contributed by atoms with E-state index in [9.17, 15) is 9.59 Å². The molecule has 57 heavy (non-hydrogen) atoms. The van der Waals surface area contributed by atoms with Gasteiger partial charge in [-0.25, -0.2) is 9.59 Å². The quantitative estimate of drug-likeness (QED) is 0.153. The number of carbonyl (C=O) groups excluding carboxylic acids is 2. The van der Waals surface area contributed by atoms with E-state index in [0.717, 1.165) is 38.7 Å².